The lowest BCUT2D eigenvalue weighted by Gasteiger charge is -2.30. The van der Waals surface area contributed by atoms with E-state index in [0.717, 1.165) is 37.2 Å². The van der Waals surface area contributed by atoms with Gasteiger partial charge in [0.1, 0.15) is 29.5 Å². The van der Waals surface area contributed by atoms with E-state index in [1.165, 1.54) is 4.57 Å². The second-order valence-corrected chi connectivity index (χ2v) is 9.21. The summed E-state index contributed by atoms with van der Waals surface area (Å²) in [5, 5.41) is 3.34. The second kappa shape index (κ2) is 10.1. The van der Waals surface area contributed by atoms with Crippen LogP contribution in [0, 0.1) is 0 Å². The molecule has 0 amide bonds. The molecule has 0 bridgehead atoms. The monoisotopic (exact) mass is 471 g/mol. The van der Waals surface area contributed by atoms with E-state index < -0.39 is 0 Å². The van der Waals surface area contributed by atoms with Crippen molar-refractivity contribution in [2.45, 2.75) is 52.0 Å². The minimum Gasteiger partial charge on any atom is -0.490 e. The first kappa shape index (κ1) is 23.5. The number of aromatic nitrogens is 2. The van der Waals surface area contributed by atoms with Crippen LogP contribution in [0.3, 0.4) is 0 Å². The number of nitrogens with zero attached hydrogens (tertiary/aromatic N) is 4. The third-order valence-corrected chi connectivity index (χ3v) is 7.29. The Labute approximate surface area is 199 Å². The first-order chi connectivity index (χ1) is 16.0. The van der Waals surface area contributed by atoms with E-state index in [9.17, 15) is 9.59 Å². The fourth-order valence-electron chi connectivity index (χ4n) is 4.46. The van der Waals surface area contributed by atoms with Crippen LogP contribution in [0.4, 0.5) is 11.5 Å². The van der Waals surface area contributed by atoms with E-state index in [1.807, 2.05) is 62.2 Å². The highest BCUT2D eigenvalue weighted by atomic mass is 32.2. The molecule has 1 aromatic heterocycles. The molecule has 1 fully saturated rings. The summed E-state index contributed by atoms with van der Waals surface area (Å²) in [6.45, 7) is 6.70. The molecule has 4 rings (SSSR count). The number of hydrogen-bond donors (Lipinski definition) is 1. The maximum Gasteiger partial charge on any atom is 0.332 e. The fourth-order valence-corrected chi connectivity index (χ4v) is 5.04. The minimum absolute atomic E-state index is 0.213. The SMILES string of the molecule is CCn1c2c(c(=O)n(CC)c1=O)N(C)C(/C=C/c1ccc(OC3CCN(SC)CC3)cc1)N2. The van der Waals surface area contributed by atoms with Crippen LogP contribution >= 0.6 is 11.9 Å². The van der Waals surface area contributed by atoms with Gasteiger partial charge in [0.2, 0.25) is 0 Å². The van der Waals surface area contributed by atoms with E-state index in [1.54, 1.807) is 16.5 Å². The summed E-state index contributed by atoms with van der Waals surface area (Å²) in [6.07, 6.45) is 8.30. The van der Waals surface area contributed by atoms with E-state index in [0.29, 0.717) is 24.6 Å². The molecule has 1 N–H and O–H groups in total. The van der Waals surface area contributed by atoms with E-state index in [2.05, 4.69) is 15.9 Å². The van der Waals surface area contributed by atoms with Crippen LogP contribution in [0.5, 0.6) is 5.75 Å². The topological polar surface area (TPSA) is 71.7 Å². The molecule has 0 saturated carbocycles. The van der Waals surface area contributed by atoms with Crippen LogP contribution < -0.4 is 26.2 Å². The molecular formula is C24H33N5O3S. The summed E-state index contributed by atoms with van der Waals surface area (Å²) in [5.74, 6) is 1.48. The first-order valence-electron chi connectivity index (χ1n) is 11.6. The van der Waals surface area contributed by atoms with Gasteiger partial charge in [-0.3, -0.25) is 18.2 Å². The molecule has 178 valence electrons. The number of benzene rings is 1. The largest absolute Gasteiger partial charge is 0.490 e. The lowest BCUT2D eigenvalue weighted by molar-refractivity contribution is 0.139. The number of fused-ring (bicyclic) bond motifs is 1. The quantitative estimate of drug-likeness (QED) is 0.622. The Morgan fingerprint density at radius 2 is 1.76 bits per heavy atom. The Balaban J connectivity index is 1.44. The maximum absolute atomic E-state index is 12.9. The molecule has 8 nitrogen and oxygen atoms in total. The highest BCUT2D eigenvalue weighted by Gasteiger charge is 2.31. The van der Waals surface area contributed by atoms with Crippen molar-refractivity contribution in [3.63, 3.8) is 0 Å². The standard InChI is InChI=1S/C24H33N5O3S/c1-5-28-22-21(23(30)29(6-2)24(28)31)26(3)20(25-22)12-9-17-7-10-18(11-8-17)32-19-13-15-27(33-4)16-14-19/h7-12,19-20,25H,5-6,13-16H2,1-4H3/b12-9+. The summed E-state index contributed by atoms with van der Waals surface area (Å²) in [7, 11) is 1.87. The van der Waals surface area contributed by atoms with Crippen LogP contribution in [0.25, 0.3) is 6.08 Å². The van der Waals surface area contributed by atoms with Crippen molar-refractivity contribution in [1.29, 1.82) is 0 Å². The van der Waals surface area contributed by atoms with Gasteiger partial charge in [-0.2, -0.15) is 0 Å². The average Bonchev–Trinajstić information content (AvgIpc) is 3.16. The first-order valence-corrected chi connectivity index (χ1v) is 12.8. The number of likely N-dealkylation sites (N-methyl/N-ethyl adjacent to an activating group) is 1. The normalized spacial score (nSPS) is 19.2. The summed E-state index contributed by atoms with van der Waals surface area (Å²) in [4.78, 5) is 27.4. The maximum atomic E-state index is 12.9. The van der Waals surface area contributed by atoms with Crippen molar-refractivity contribution >= 4 is 29.5 Å². The van der Waals surface area contributed by atoms with Crippen LogP contribution in [-0.4, -0.2) is 52.1 Å². The molecule has 1 atom stereocenters. The highest BCUT2D eigenvalue weighted by molar-refractivity contribution is 7.96. The van der Waals surface area contributed by atoms with E-state index in [-0.39, 0.29) is 23.5 Å². The lowest BCUT2D eigenvalue weighted by Crippen LogP contribution is -2.41. The Morgan fingerprint density at radius 3 is 2.36 bits per heavy atom. The van der Waals surface area contributed by atoms with Gasteiger partial charge < -0.3 is 15.0 Å². The Bertz CT molecular complexity index is 1120. The zero-order valence-corrected chi connectivity index (χ0v) is 20.6. The molecule has 33 heavy (non-hydrogen) atoms. The molecule has 9 heteroatoms. The summed E-state index contributed by atoms with van der Waals surface area (Å²) >= 11 is 1.80. The van der Waals surface area contributed by atoms with Crippen molar-refractivity contribution in [3.8, 4) is 5.75 Å². The molecule has 3 heterocycles. The molecule has 1 aromatic carbocycles. The van der Waals surface area contributed by atoms with Gasteiger partial charge in [-0.1, -0.05) is 30.2 Å². The number of nitrogens with one attached hydrogen (secondary N) is 1. The van der Waals surface area contributed by atoms with Gasteiger partial charge in [-0.25, -0.2) is 4.79 Å². The molecule has 2 aromatic rings. The Hall–Kier alpha value is -2.65. The van der Waals surface area contributed by atoms with Crippen molar-refractivity contribution in [2.24, 2.45) is 0 Å². The number of anilines is 2. The Morgan fingerprint density at radius 1 is 1.09 bits per heavy atom. The van der Waals surface area contributed by atoms with Gasteiger partial charge in [0.15, 0.2) is 0 Å². The smallest absolute Gasteiger partial charge is 0.332 e. The zero-order valence-electron chi connectivity index (χ0n) is 19.8. The van der Waals surface area contributed by atoms with Gasteiger partial charge in [-0.05, 0) is 56.7 Å². The van der Waals surface area contributed by atoms with Gasteiger partial charge in [0.25, 0.3) is 5.56 Å². The molecular weight excluding hydrogens is 438 g/mol. The molecule has 0 spiro atoms. The van der Waals surface area contributed by atoms with Crippen LogP contribution in [0.2, 0.25) is 0 Å². The van der Waals surface area contributed by atoms with Crippen molar-refractivity contribution in [3.05, 3.63) is 56.7 Å². The molecule has 2 aliphatic heterocycles. The zero-order chi connectivity index (χ0) is 23.5. The molecule has 1 saturated heterocycles. The average molecular weight is 472 g/mol. The van der Waals surface area contributed by atoms with Crippen molar-refractivity contribution in [1.82, 2.24) is 13.4 Å². The van der Waals surface area contributed by atoms with E-state index in [4.69, 9.17) is 4.74 Å². The molecule has 0 radical (unpaired) electrons. The van der Waals surface area contributed by atoms with Crippen molar-refractivity contribution in [2.75, 3.05) is 36.6 Å². The predicted octanol–water partition coefficient (Wildman–Crippen LogP) is 3.07. The van der Waals surface area contributed by atoms with Crippen LogP contribution in [0.1, 0.15) is 32.3 Å². The molecule has 0 aliphatic carbocycles. The van der Waals surface area contributed by atoms with Gasteiger partial charge in [0.05, 0.1) is 0 Å². The van der Waals surface area contributed by atoms with Crippen LogP contribution in [0.15, 0.2) is 39.9 Å². The summed E-state index contributed by atoms with van der Waals surface area (Å²) < 4.78 is 11.4. The fraction of sp³-hybridized carbons (Fsp3) is 0.500. The number of rotatable bonds is 7. The molecule has 1 unspecified atom stereocenters. The minimum atomic E-state index is -0.274. The number of piperidine rings is 1. The third kappa shape index (κ3) is 4.70. The Kier molecular flexibility index (Phi) is 7.19. The van der Waals surface area contributed by atoms with Crippen LogP contribution in [-0.2, 0) is 13.1 Å². The number of ether oxygens (including phenoxy) is 1. The number of hydrogen-bond acceptors (Lipinski definition) is 7. The highest BCUT2D eigenvalue weighted by Crippen LogP contribution is 2.30. The summed E-state index contributed by atoms with van der Waals surface area (Å²) in [5.41, 5.74) is 1.05. The third-order valence-electron chi connectivity index (χ3n) is 6.40. The van der Waals surface area contributed by atoms with Gasteiger partial charge >= 0.3 is 5.69 Å². The predicted molar refractivity (Wildman–Crippen MR) is 136 cm³/mol. The van der Waals surface area contributed by atoms with E-state index >= 15 is 0 Å². The second-order valence-electron chi connectivity index (χ2n) is 8.33. The lowest BCUT2D eigenvalue weighted by atomic mass is 10.1. The van der Waals surface area contributed by atoms with Gasteiger partial charge in [0, 0.05) is 33.2 Å². The molecule has 2 aliphatic rings. The van der Waals surface area contributed by atoms with Crippen molar-refractivity contribution < 1.29 is 4.74 Å². The summed E-state index contributed by atoms with van der Waals surface area (Å²) in [6, 6.07) is 8.10. The van der Waals surface area contributed by atoms with Gasteiger partial charge in [-0.15, -0.1) is 0 Å².